The van der Waals surface area contributed by atoms with Gasteiger partial charge < -0.3 is 20.4 Å². The molecule has 2 aromatic carbocycles. The maximum absolute atomic E-state index is 13.5. The Morgan fingerprint density at radius 2 is 1.77 bits per heavy atom. The molecule has 6 atom stereocenters. The number of carbonyl (C=O) groups excluding carboxylic acids is 1. The Morgan fingerprint density at radius 1 is 1.09 bits per heavy atom. The van der Waals surface area contributed by atoms with Gasteiger partial charge in [0.15, 0.2) is 0 Å². The van der Waals surface area contributed by atoms with Gasteiger partial charge in [-0.1, -0.05) is 56.3 Å². The molecule has 1 aliphatic heterocycles. The van der Waals surface area contributed by atoms with Gasteiger partial charge in [-0.2, -0.15) is 0 Å². The predicted octanol–water partition coefficient (Wildman–Crippen LogP) is 4.15. The van der Waals surface area contributed by atoms with Gasteiger partial charge in [-0.15, -0.1) is 0 Å². The van der Waals surface area contributed by atoms with Crippen LogP contribution in [-0.4, -0.2) is 37.3 Å². The molecule has 6 rings (SSSR count). The number of amides is 1. The molecule has 0 radical (unpaired) electrons. The normalized spacial score (nSPS) is 30.2. The molecule has 0 unspecified atom stereocenters. The second kappa shape index (κ2) is 9.34. The summed E-state index contributed by atoms with van der Waals surface area (Å²) in [6.07, 6.45) is 3.34. The molecule has 4 fully saturated rings. The molecule has 3 aliphatic carbocycles. The number of carbonyl (C=O) groups is 1. The zero-order valence-corrected chi connectivity index (χ0v) is 20.9. The van der Waals surface area contributed by atoms with Crippen molar-refractivity contribution in [3.63, 3.8) is 0 Å². The Bertz CT molecular complexity index is 1050. The lowest BCUT2D eigenvalue weighted by molar-refractivity contribution is -0.199. The lowest BCUT2D eigenvalue weighted by Gasteiger charge is -2.64. The summed E-state index contributed by atoms with van der Waals surface area (Å²) < 4.78 is 26.7. The molecule has 1 saturated heterocycles. The van der Waals surface area contributed by atoms with Crippen LogP contribution in [0.4, 0.5) is 4.39 Å². The molecule has 3 N–H and O–H groups in total. The summed E-state index contributed by atoms with van der Waals surface area (Å²) in [6, 6.07) is 15.6. The van der Waals surface area contributed by atoms with Crippen LogP contribution < -0.4 is 11.1 Å². The van der Waals surface area contributed by atoms with Gasteiger partial charge in [0.2, 0.25) is 5.91 Å². The molecule has 1 amide bonds. The highest BCUT2D eigenvalue weighted by Crippen LogP contribution is 2.66. The molecule has 5 nitrogen and oxygen atoms in total. The first kappa shape index (κ1) is 24.5. The highest BCUT2D eigenvalue weighted by molar-refractivity contribution is 6.47. The van der Waals surface area contributed by atoms with Crippen molar-refractivity contribution in [2.24, 2.45) is 23.0 Å². The van der Waals surface area contributed by atoms with Crippen molar-refractivity contribution in [1.29, 1.82) is 0 Å². The number of halogens is 1. The fourth-order valence-electron chi connectivity index (χ4n) is 6.61. The molecular weight excluding hydrogens is 442 g/mol. The molecule has 1 heterocycles. The summed E-state index contributed by atoms with van der Waals surface area (Å²) in [5.74, 6) is 0.557. The van der Waals surface area contributed by atoms with E-state index in [-0.39, 0.29) is 34.7 Å². The van der Waals surface area contributed by atoms with Gasteiger partial charge in [-0.05, 0) is 73.1 Å². The van der Waals surface area contributed by atoms with E-state index < -0.39 is 13.2 Å². The SMILES string of the molecule is CC1(C)[C@H]2C[C@@H]3OB([C@@H](CNC(=O)[C@@H](N)Cc4ccccc4)Cc4ccc(F)cc4)O[C@]3(C)[C@@H]1C2. The first-order valence-corrected chi connectivity index (χ1v) is 12.8. The standard InChI is InChI=1S/C28H36BFN2O3/c1-27(2)20-15-24(27)28(3)25(16-20)34-29(35-28)21(13-19-9-11-22(30)12-10-19)17-32-26(33)23(31)14-18-7-5-4-6-8-18/h4-12,20-21,23-25H,13-17,31H2,1-3H3,(H,32,33)/t20-,21-,23+,24-,25+,28-/m1/s1. The lowest BCUT2D eigenvalue weighted by atomic mass is 9.43. The van der Waals surface area contributed by atoms with E-state index >= 15 is 0 Å². The molecular formula is C28H36BFN2O3. The van der Waals surface area contributed by atoms with Crippen LogP contribution in [0.3, 0.4) is 0 Å². The molecule has 0 spiro atoms. The van der Waals surface area contributed by atoms with E-state index in [0.29, 0.717) is 31.2 Å². The Labute approximate surface area is 208 Å². The van der Waals surface area contributed by atoms with Crippen molar-refractivity contribution in [3.8, 4) is 0 Å². The highest BCUT2D eigenvalue weighted by atomic mass is 19.1. The average molecular weight is 478 g/mol. The summed E-state index contributed by atoms with van der Waals surface area (Å²) in [5, 5.41) is 3.05. The van der Waals surface area contributed by atoms with Crippen LogP contribution in [0, 0.1) is 23.1 Å². The Hall–Kier alpha value is -2.22. The fourth-order valence-corrected chi connectivity index (χ4v) is 6.61. The van der Waals surface area contributed by atoms with Gasteiger partial charge in [0, 0.05) is 12.4 Å². The van der Waals surface area contributed by atoms with Crippen LogP contribution in [0.25, 0.3) is 0 Å². The molecule has 2 aromatic rings. The monoisotopic (exact) mass is 478 g/mol. The lowest BCUT2D eigenvalue weighted by Crippen LogP contribution is -2.65. The zero-order chi connectivity index (χ0) is 24.8. The molecule has 7 heteroatoms. The molecule has 186 valence electrons. The van der Waals surface area contributed by atoms with Crippen LogP contribution in [0.5, 0.6) is 0 Å². The van der Waals surface area contributed by atoms with E-state index in [1.54, 1.807) is 12.1 Å². The summed E-state index contributed by atoms with van der Waals surface area (Å²) in [6.45, 7) is 7.26. The quantitative estimate of drug-likeness (QED) is 0.559. The first-order valence-electron chi connectivity index (χ1n) is 12.8. The summed E-state index contributed by atoms with van der Waals surface area (Å²) in [5.41, 5.74) is 8.16. The largest absolute Gasteiger partial charge is 0.463 e. The Kier molecular flexibility index (Phi) is 6.53. The van der Waals surface area contributed by atoms with E-state index in [2.05, 4.69) is 26.1 Å². The third-order valence-corrected chi connectivity index (χ3v) is 8.94. The first-order chi connectivity index (χ1) is 16.7. The molecule has 0 aromatic heterocycles. The van der Waals surface area contributed by atoms with Gasteiger partial charge in [0.25, 0.3) is 0 Å². The van der Waals surface area contributed by atoms with E-state index in [4.69, 9.17) is 15.0 Å². The van der Waals surface area contributed by atoms with Gasteiger partial charge in [-0.25, -0.2) is 4.39 Å². The topological polar surface area (TPSA) is 73.6 Å². The van der Waals surface area contributed by atoms with Crippen LogP contribution in [0.1, 0.15) is 44.7 Å². The minimum Gasteiger partial charge on any atom is -0.405 e. The third-order valence-electron chi connectivity index (χ3n) is 8.94. The minimum atomic E-state index is -0.637. The highest BCUT2D eigenvalue weighted by Gasteiger charge is 2.68. The van der Waals surface area contributed by atoms with Crippen molar-refractivity contribution in [3.05, 3.63) is 71.5 Å². The van der Waals surface area contributed by atoms with Crippen LogP contribution in [0.2, 0.25) is 5.82 Å². The molecule has 3 saturated carbocycles. The van der Waals surface area contributed by atoms with Gasteiger partial charge in [0.1, 0.15) is 5.82 Å². The van der Waals surface area contributed by atoms with E-state index in [0.717, 1.165) is 17.5 Å². The number of hydrogen-bond acceptors (Lipinski definition) is 4. The van der Waals surface area contributed by atoms with Gasteiger partial charge in [0.05, 0.1) is 17.7 Å². The van der Waals surface area contributed by atoms with Crippen LogP contribution >= 0.6 is 0 Å². The van der Waals surface area contributed by atoms with E-state index in [1.165, 1.54) is 18.6 Å². The zero-order valence-electron chi connectivity index (χ0n) is 20.9. The van der Waals surface area contributed by atoms with E-state index in [1.807, 2.05) is 30.3 Å². The smallest absolute Gasteiger partial charge is 0.405 e. The number of nitrogens with two attached hydrogens (primary N) is 1. The van der Waals surface area contributed by atoms with Gasteiger partial charge >= 0.3 is 7.12 Å². The number of benzene rings is 2. The van der Waals surface area contributed by atoms with Crippen molar-refractivity contribution < 1.29 is 18.5 Å². The molecule has 2 bridgehead atoms. The predicted molar refractivity (Wildman–Crippen MR) is 135 cm³/mol. The van der Waals surface area contributed by atoms with Crippen molar-refractivity contribution >= 4 is 13.0 Å². The van der Waals surface area contributed by atoms with Crippen LogP contribution in [0.15, 0.2) is 54.6 Å². The number of hydrogen-bond donors (Lipinski definition) is 2. The van der Waals surface area contributed by atoms with Crippen molar-refractivity contribution in [1.82, 2.24) is 5.32 Å². The van der Waals surface area contributed by atoms with Crippen molar-refractivity contribution in [2.45, 2.75) is 70.0 Å². The number of nitrogens with one attached hydrogen (secondary N) is 1. The van der Waals surface area contributed by atoms with Gasteiger partial charge in [-0.3, -0.25) is 4.79 Å². The third kappa shape index (κ3) is 4.66. The second-order valence-electron chi connectivity index (χ2n) is 11.5. The summed E-state index contributed by atoms with van der Waals surface area (Å²) in [7, 11) is -0.434. The molecule has 4 aliphatic rings. The summed E-state index contributed by atoms with van der Waals surface area (Å²) >= 11 is 0. The molecule has 35 heavy (non-hydrogen) atoms. The second-order valence-corrected chi connectivity index (χ2v) is 11.5. The minimum absolute atomic E-state index is 0.0658. The maximum atomic E-state index is 13.5. The summed E-state index contributed by atoms with van der Waals surface area (Å²) in [4.78, 5) is 12.9. The Morgan fingerprint density at radius 3 is 2.46 bits per heavy atom. The van der Waals surface area contributed by atoms with Crippen molar-refractivity contribution in [2.75, 3.05) is 6.54 Å². The average Bonchev–Trinajstić information content (AvgIpc) is 3.20. The maximum Gasteiger partial charge on any atom is 0.463 e. The Balaban J connectivity index is 1.28. The van der Waals surface area contributed by atoms with Crippen LogP contribution in [-0.2, 0) is 26.9 Å². The van der Waals surface area contributed by atoms with E-state index in [9.17, 15) is 9.18 Å². The fraction of sp³-hybridized carbons (Fsp3) is 0.536. The number of rotatable bonds is 8.